The van der Waals surface area contributed by atoms with Crippen LogP contribution in [0, 0.1) is 11.8 Å². The van der Waals surface area contributed by atoms with Crippen molar-refractivity contribution in [1.82, 2.24) is 0 Å². The first-order chi connectivity index (χ1) is 8.77. The lowest BCUT2D eigenvalue weighted by molar-refractivity contribution is -0.427. The highest BCUT2D eigenvalue weighted by Crippen LogP contribution is 2.32. The lowest BCUT2D eigenvalue weighted by Gasteiger charge is -2.26. The van der Waals surface area contributed by atoms with E-state index in [1.54, 1.807) is 0 Å². The van der Waals surface area contributed by atoms with Crippen LogP contribution in [-0.4, -0.2) is 17.3 Å². The number of hydrogen-bond acceptors (Lipinski definition) is 0. The van der Waals surface area contributed by atoms with Crippen molar-refractivity contribution in [3.8, 4) is 0 Å². The van der Waals surface area contributed by atoms with Gasteiger partial charge in [0.2, 0.25) is 0 Å². The van der Waals surface area contributed by atoms with Gasteiger partial charge in [-0.1, -0.05) is 36.5 Å². The van der Waals surface area contributed by atoms with Crippen molar-refractivity contribution in [1.29, 1.82) is 0 Å². The van der Waals surface area contributed by atoms with Gasteiger partial charge in [0, 0.05) is 11.5 Å². The van der Waals surface area contributed by atoms with E-state index in [0.29, 0.717) is 11.8 Å². The highest BCUT2D eigenvalue weighted by Gasteiger charge is 2.34. The van der Waals surface area contributed by atoms with Gasteiger partial charge < -0.3 is 0 Å². The van der Waals surface area contributed by atoms with Gasteiger partial charge in [0.15, 0.2) is 11.9 Å². The zero-order valence-electron chi connectivity index (χ0n) is 11.1. The van der Waals surface area contributed by atoms with Gasteiger partial charge in [-0.3, -0.25) is 0 Å². The Balaban J connectivity index is 2.06. The molecule has 2 unspecified atom stereocenters. The molecule has 1 aliphatic heterocycles. The van der Waals surface area contributed by atoms with Gasteiger partial charge in [-0.2, -0.15) is 0 Å². The predicted octanol–water partition coefficient (Wildman–Crippen LogP) is 3.62. The van der Waals surface area contributed by atoms with Gasteiger partial charge in [0.25, 0.3) is 0 Å². The molecule has 0 amide bonds. The summed E-state index contributed by atoms with van der Waals surface area (Å²) in [5.74, 6) is 1.02. The van der Waals surface area contributed by atoms with Crippen LogP contribution >= 0.6 is 0 Å². The van der Waals surface area contributed by atoms with Gasteiger partial charge in [0.1, 0.15) is 7.05 Å². The maximum atomic E-state index is 2.41. The number of nitrogens with zero attached hydrogens (tertiary/aromatic N) is 1. The molecule has 1 heterocycles. The molecule has 0 aromatic rings. The lowest BCUT2D eigenvalue weighted by atomic mass is 9.78. The summed E-state index contributed by atoms with van der Waals surface area (Å²) in [6.45, 7) is 2.24. The van der Waals surface area contributed by atoms with Crippen LogP contribution in [-0.2, 0) is 0 Å². The molecule has 0 aromatic heterocycles. The number of rotatable bonds is 1. The molecule has 18 heavy (non-hydrogen) atoms. The van der Waals surface area contributed by atoms with Gasteiger partial charge in [-0.25, -0.2) is 4.58 Å². The van der Waals surface area contributed by atoms with Crippen molar-refractivity contribution in [3.63, 3.8) is 0 Å². The molecule has 92 valence electrons. The van der Waals surface area contributed by atoms with Crippen molar-refractivity contribution in [2.24, 2.45) is 11.8 Å². The second kappa shape index (κ2) is 4.56. The Bertz CT molecular complexity index is 538. The average Bonchev–Trinajstić information content (AvgIpc) is 2.40. The maximum Gasteiger partial charge on any atom is 0.196 e. The molecule has 0 saturated heterocycles. The predicted molar refractivity (Wildman–Crippen MR) is 76.7 cm³/mol. The second-order valence-electron chi connectivity index (χ2n) is 5.29. The van der Waals surface area contributed by atoms with Crippen molar-refractivity contribution in [2.45, 2.75) is 19.8 Å². The van der Waals surface area contributed by atoms with E-state index in [1.807, 2.05) is 0 Å². The fraction of sp³-hybridized carbons (Fsp3) is 0.353. The summed E-state index contributed by atoms with van der Waals surface area (Å²) in [5.41, 5.74) is 4.33. The normalized spacial score (nSPS) is 30.1. The van der Waals surface area contributed by atoms with E-state index in [0.717, 1.165) is 0 Å². The highest BCUT2D eigenvalue weighted by atomic mass is 15.0. The van der Waals surface area contributed by atoms with E-state index >= 15 is 0 Å². The van der Waals surface area contributed by atoms with E-state index < -0.39 is 0 Å². The summed E-state index contributed by atoms with van der Waals surface area (Å²) < 4.78 is 2.29. The van der Waals surface area contributed by atoms with Crippen molar-refractivity contribution in [3.05, 3.63) is 59.9 Å². The van der Waals surface area contributed by atoms with Crippen LogP contribution in [0.2, 0.25) is 0 Å². The number of hydrogen-bond donors (Lipinski definition) is 0. The second-order valence-corrected chi connectivity index (χ2v) is 5.29. The minimum atomic E-state index is 0.498. The molecule has 0 saturated carbocycles. The topological polar surface area (TPSA) is 3.01 Å². The quantitative estimate of drug-likeness (QED) is 0.614. The lowest BCUT2D eigenvalue weighted by Crippen LogP contribution is -2.32. The van der Waals surface area contributed by atoms with Crippen LogP contribution in [0.1, 0.15) is 19.8 Å². The molecule has 0 fully saturated rings. The molecule has 3 aliphatic rings. The fourth-order valence-electron chi connectivity index (χ4n) is 3.10. The largest absolute Gasteiger partial charge is 0.204 e. The highest BCUT2D eigenvalue weighted by molar-refractivity contribution is 6.04. The van der Waals surface area contributed by atoms with Crippen LogP contribution < -0.4 is 0 Å². The summed E-state index contributed by atoms with van der Waals surface area (Å²) in [7, 11) is 2.16. The van der Waals surface area contributed by atoms with Crippen LogP contribution in [0.3, 0.4) is 0 Å². The van der Waals surface area contributed by atoms with Crippen molar-refractivity contribution >= 4 is 5.71 Å². The molecule has 1 nitrogen and oxygen atoms in total. The minimum absolute atomic E-state index is 0.498. The first-order valence-electron chi connectivity index (χ1n) is 6.78. The average molecular weight is 238 g/mol. The molecule has 3 rings (SSSR count). The molecule has 2 atom stereocenters. The van der Waals surface area contributed by atoms with Crippen LogP contribution in [0.5, 0.6) is 0 Å². The first kappa shape index (κ1) is 11.5. The number of allylic oxidation sites excluding steroid dienone is 9. The molecular weight excluding hydrogens is 218 g/mol. The summed E-state index contributed by atoms with van der Waals surface area (Å²) in [6, 6.07) is 0. The third-order valence-corrected chi connectivity index (χ3v) is 4.07. The number of fused-ring (bicyclic) bond motifs is 1. The Labute approximate surface area is 109 Å². The zero-order chi connectivity index (χ0) is 12.5. The molecule has 2 aliphatic carbocycles. The fourth-order valence-corrected chi connectivity index (χ4v) is 3.10. The van der Waals surface area contributed by atoms with Crippen molar-refractivity contribution < 1.29 is 4.58 Å². The van der Waals surface area contributed by atoms with E-state index in [9.17, 15) is 0 Å². The van der Waals surface area contributed by atoms with Crippen molar-refractivity contribution in [2.75, 3.05) is 7.05 Å². The summed E-state index contributed by atoms with van der Waals surface area (Å²) >= 11 is 0. The smallest absolute Gasteiger partial charge is 0.196 e. The van der Waals surface area contributed by atoms with Crippen LogP contribution in [0.15, 0.2) is 59.9 Å². The summed E-state index contributed by atoms with van der Waals surface area (Å²) in [4.78, 5) is 0. The molecule has 0 N–H and O–H groups in total. The molecular formula is C17H20N+. The summed E-state index contributed by atoms with van der Waals surface area (Å²) in [5, 5.41) is 0. The molecule has 0 spiro atoms. The van der Waals surface area contributed by atoms with Gasteiger partial charge in [0.05, 0.1) is 5.92 Å². The molecule has 0 radical (unpaired) electrons. The van der Waals surface area contributed by atoms with Gasteiger partial charge in [-0.05, 0) is 31.4 Å². The Kier molecular flexibility index (Phi) is 2.91. The molecule has 1 heteroatoms. The summed E-state index contributed by atoms with van der Waals surface area (Å²) in [6.07, 6.45) is 20.6. The van der Waals surface area contributed by atoms with Crippen LogP contribution in [0.4, 0.5) is 0 Å². The SMILES string of the molecule is CC1=CCCC=C1C1=[N+](C)C=CC2C=CC=CC12. The Morgan fingerprint density at radius 2 is 1.83 bits per heavy atom. The van der Waals surface area contributed by atoms with Crippen LogP contribution in [0.25, 0.3) is 0 Å². The van der Waals surface area contributed by atoms with E-state index in [2.05, 4.69) is 67.3 Å². The third-order valence-electron chi connectivity index (χ3n) is 4.07. The Morgan fingerprint density at radius 3 is 2.67 bits per heavy atom. The first-order valence-corrected chi connectivity index (χ1v) is 6.78. The van der Waals surface area contributed by atoms with E-state index in [1.165, 1.54) is 29.7 Å². The Hall–Kier alpha value is -1.63. The van der Waals surface area contributed by atoms with E-state index in [4.69, 9.17) is 0 Å². The third kappa shape index (κ3) is 1.84. The maximum absolute atomic E-state index is 2.41. The molecule has 0 aromatic carbocycles. The zero-order valence-corrected chi connectivity index (χ0v) is 11.1. The van der Waals surface area contributed by atoms with Gasteiger partial charge in [-0.15, -0.1) is 0 Å². The standard InChI is InChI=1S/C17H20N/c1-13-7-3-5-9-15(13)17-16-10-6-4-8-14(16)11-12-18(17)2/h4,6-12,14,16H,3,5H2,1-2H3/q+1. The minimum Gasteiger partial charge on any atom is -0.204 e. The van der Waals surface area contributed by atoms with Gasteiger partial charge >= 0.3 is 0 Å². The molecule has 0 bridgehead atoms. The monoisotopic (exact) mass is 238 g/mol. The van der Waals surface area contributed by atoms with E-state index in [-0.39, 0.29) is 0 Å². The Morgan fingerprint density at radius 1 is 1.06 bits per heavy atom.